The zero-order valence-electron chi connectivity index (χ0n) is 19.2. The van der Waals surface area contributed by atoms with Crippen LogP contribution in [0.1, 0.15) is 32.9 Å². The molecule has 0 fully saturated rings. The van der Waals surface area contributed by atoms with Crippen molar-refractivity contribution >= 4 is 29.3 Å². The molecule has 0 aliphatic heterocycles. The van der Waals surface area contributed by atoms with Crippen LogP contribution in [0.25, 0.3) is 5.69 Å². The van der Waals surface area contributed by atoms with Crippen molar-refractivity contribution in [1.82, 2.24) is 20.1 Å². The fourth-order valence-electron chi connectivity index (χ4n) is 3.57. The second-order valence-corrected chi connectivity index (χ2v) is 9.14. The van der Waals surface area contributed by atoms with Crippen molar-refractivity contribution in [3.63, 3.8) is 0 Å². The van der Waals surface area contributed by atoms with Crippen LogP contribution in [-0.2, 0) is 12.3 Å². The van der Waals surface area contributed by atoms with Crippen LogP contribution in [0.2, 0.25) is 5.02 Å². The van der Waals surface area contributed by atoms with Crippen molar-refractivity contribution in [2.45, 2.75) is 31.3 Å². The fraction of sp³-hybridized carbons (Fsp3) is 0.192. The Labute approximate surface area is 208 Å². The standard InChI is InChI=1S/C26H25ClN4O2S/c1-17-8-4-5-9-19(17)16-34-26-30-29-24(31(26)22-14-20(27)13-12-18(22)2)15-28-25(32)21-10-6-7-11-23(21)33-3/h4-14H,15-16H2,1-3H3,(H,28,32). The van der Waals surface area contributed by atoms with Gasteiger partial charge >= 0.3 is 0 Å². The van der Waals surface area contributed by atoms with Gasteiger partial charge in [0.25, 0.3) is 5.91 Å². The second kappa shape index (κ2) is 10.8. The van der Waals surface area contributed by atoms with Gasteiger partial charge in [-0.2, -0.15) is 0 Å². The molecular weight excluding hydrogens is 468 g/mol. The maximum atomic E-state index is 12.8. The molecule has 1 amide bonds. The molecule has 0 aliphatic carbocycles. The van der Waals surface area contributed by atoms with Gasteiger partial charge in [0.1, 0.15) is 5.75 Å². The summed E-state index contributed by atoms with van der Waals surface area (Å²) in [6.45, 7) is 4.31. The van der Waals surface area contributed by atoms with E-state index in [1.54, 1.807) is 37.1 Å². The van der Waals surface area contributed by atoms with Crippen molar-refractivity contribution < 1.29 is 9.53 Å². The number of aryl methyl sites for hydroxylation is 2. The van der Waals surface area contributed by atoms with E-state index in [0.717, 1.165) is 22.2 Å². The number of carbonyl (C=O) groups excluding carboxylic acids is 1. The van der Waals surface area contributed by atoms with Crippen LogP contribution in [0.4, 0.5) is 0 Å². The molecular formula is C26H25ClN4O2S. The minimum atomic E-state index is -0.246. The number of hydrogen-bond donors (Lipinski definition) is 1. The van der Waals surface area contributed by atoms with Gasteiger partial charge in [0.15, 0.2) is 11.0 Å². The number of hydrogen-bond acceptors (Lipinski definition) is 5. The molecule has 4 aromatic rings. The summed E-state index contributed by atoms with van der Waals surface area (Å²) in [7, 11) is 1.54. The Bertz CT molecular complexity index is 1320. The molecule has 0 bridgehead atoms. The Morgan fingerprint density at radius 1 is 1.03 bits per heavy atom. The van der Waals surface area contributed by atoms with E-state index < -0.39 is 0 Å². The number of nitrogens with zero attached hydrogens (tertiary/aromatic N) is 3. The lowest BCUT2D eigenvalue weighted by Gasteiger charge is -2.14. The Morgan fingerprint density at radius 2 is 1.79 bits per heavy atom. The monoisotopic (exact) mass is 492 g/mol. The lowest BCUT2D eigenvalue weighted by molar-refractivity contribution is 0.0946. The number of carbonyl (C=O) groups is 1. The summed E-state index contributed by atoms with van der Waals surface area (Å²) in [6, 6.07) is 21.1. The largest absolute Gasteiger partial charge is 0.496 e. The summed E-state index contributed by atoms with van der Waals surface area (Å²) in [5, 5.41) is 13.2. The van der Waals surface area contributed by atoms with Crippen LogP contribution in [-0.4, -0.2) is 27.8 Å². The molecule has 0 saturated carbocycles. The van der Waals surface area contributed by atoms with Crippen molar-refractivity contribution in [1.29, 1.82) is 0 Å². The molecule has 1 heterocycles. The van der Waals surface area contributed by atoms with Crippen LogP contribution < -0.4 is 10.1 Å². The van der Waals surface area contributed by atoms with Crippen LogP contribution >= 0.6 is 23.4 Å². The van der Waals surface area contributed by atoms with Gasteiger partial charge in [-0.15, -0.1) is 10.2 Å². The van der Waals surface area contributed by atoms with Gasteiger partial charge in [0.2, 0.25) is 0 Å². The van der Waals surface area contributed by atoms with Gasteiger partial charge in [0, 0.05) is 10.8 Å². The minimum absolute atomic E-state index is 0.195. The Hall–Kier alpha value is -3.29. The van der Waals surface area contributed by atoms with Crippen molar-refractivity contribution in [2.24, 2.45) is 0 Å². The first-order chi connectivity index (χ1) is 16.5. The average molecular weight is 493 g/mol. The van der Waals surface area contributed by atoms with E-state index in [0.29, 0.717) is 22.2 Å². The van der Waals surface area contributed by atoms with E-state index in [2.05, 4.69) is 34.6 Å². The molecule has 1 N–H and O–H groups in total. The highest BCUT2D eigenvalue weighted by molar-refractivity contribution is 7.98. The van der Waals surface area contributed by atoms with E-state index in [1.165, 1.54) is 11.1 Å². The maximum absolute atomic E-state index is 12.8. The first-order valence-corrected chi connectivity index (χ1v) is 12.1. The summed E-state index contributed by atoms with van der Waals surface area (Å²) >= 11 is 7.92. The second-order valence-electron chi connectivity index (χ2n) is 7.76. The first-order valence-electron chi connectivity index (χ1n) is 10.8. The van der Waals surface area contributed by atoms with Gasteiger partial charge < -0.3 is 10.1 Å². The minimum Gasteiger partial charge on any atom is -0.496 e. The fourth-order valence-corrected chi connectivity index (χ4v) is 4.78. The molecule has 1 aromatic heterocycles. The van der Waals surface area contributed by atoms with E-state index in [-0.39, 0.29) is 12.5 Å². The Kier molecular flexibility index (Phi) is 7.55. The highest BCUT2D eigenvalue weighted by Crippen LogP contribution is 2.29. The molecule has 3 aromatic carbocycles. The van der Waals surface area contributed by atoms with Gasteiger partial charge in [-0.1, -0.05) is 65.8 Å². The first kappa shape index (κ1) is 23.9. The number of thioether (sulfide) groups is 1. The lowest BCUT2D eigenvalue weighted by Crippen LogP contribution is -2.25. The average Bonchev–Trinajstić information content (AvgIpc) is 3.26. The van der Waals surface area contributed by atoms with Crippen molar-refractivity contribution in [2.75, 3.05) is 7.11 Å². The lowest BCUT2D eigenvalue weighted by atomic mass is 10.1. The molecule has 0 saturated heterocycles. The van der Waals surface area contributed by atoms with Gasteiger partial charge in [-0.05, 0) is 54.8 Å². The molecule has 0 spiro atoms. The molecule has 6 nitrogen and oxygen atoms in total. The number of methoxy groups -OCH3 is 1. The number of ether oxygens (including phenoxy) is 1. The summed E-state index contributed by atoms with van der Waals surface area (Å²) in [4.78, 5) is 12.8. The van der Waals surface area contributed by atoms with Gasteiger partial charge in [-0.3, -0.25) is 9.36 Å². The molecule has 0 atom stereocenters. The predicted octanol–water partition coefficient (Wildman–Crippen LogP) is 5.77. The molecule has 8 heteroatoms. The van der Waals surface area contributed by atoms with Crippen molar-refractivity contribution in [3.8, 4) is 11.4 Å². The summed E-state index contributed by atoms with van der Waals surface area (Å²) in [5.74, 6) is 1.63. The third kappa shape index (κ3) is 5.26. The summed E-state index contributed by atoms with van der Waals surface area (Å²) < 4.78 is 7.28. The normalized spacial score (nSPS) is 10.8. The van der Waals surface area contributed by atoms with E-state index in [9.17, 15) is 4.79 Å². The van der Waals surface area contributed by atoms with Crippen LogP contribution in [0.5, 0.6) is 5.75 Å². The molecule has 0 radical (unpaired) electrons. The number of nitrogens with one attached hydrogen (secondary N) is 1. The maximum Gasteiger partial charge on any atom is 0.255 e. The van der Waals surface area contributed by atoms with Gasteiger partial charge in [-0.25, -0.2) is 0 Å². The van der Waals surface area contributed by atoms with Crippen molar-refractivity contribution in [3.05, 3.63) is 99.8 Å². The highest BCUT2D eigenvalue weighted by atomic mass is 35.5. The number of amides is 1. The zero-order chi connectivity index (χ0) is 24.1. The molecule has 174 valence electrons. The Balaban J connectivity index is 1.63. The molecule has 4 rings (SSSR count). The topological polar surface area (TPSA) is 69.0 Å². The smallest absolute Gasteiger partial charge is 0.255 e. The van der Waals surface area contributed by atoms with E-state index in [4.69, 9.17) is 16.3 Å². The molecule has 0 aliphatic rings. The Morgan fingerprint density at radius 3 is 2.59 bits per heavy atom. The van der Waals surface area contributed by atoms with Crippen LogP contribution in [0, 0.1) is 13.8 Å². The number of aromatic nitrogens is 3. The predicted molar refractivity (Wildman–Crippen MR) is 136 cm³/mol. The van der Waals surface area contributed by atoms with Gasteiger partial charge in [0.05, 0.1) is 24.9 Å². The number of rotatable bonds is 8. The molecule has 0 unspecified atom stereocenters. The van der Waals surface area contributed by atoms with E-state index >= 15 is 0 Å². The highest BCUT2D eigenvalue weighted by Gasteiger charge is 2.19. The quantitative estimate of drug-likeness (QED) is 0.316. The summed E-state index contributed by atoms with van der Waals surface area (Å²) in [6.07, 6.45) is 0. The van der Waals surface area contributed by atoms with E-state index in [1.807, 2.05) is 47.9 Å². The third-order valence-corrected chi connectivity index (χ3v) is 6.70. The number of para-hydroxylation sites is 1. The SMILES string of the molecule is COc1ccccc1C(=O)NCc1nnc(SCc2ccccc2C)n1-c1cc(Cl)ccc1C. The number of benzene rings is 3. The number of halogens is 1. The molecule has 34 heavy (non-hydrogen) atoms. The zero-order valence-corrected chi connectivity index (χ0v) is 20.8. The van der Waals surface area contributed by atoms with Crippen LogP contribution in [0.3, 0.4) is 0 Å². The summed E-state index contributed by atoms with van der Waals surface area (Å²) in [5.41, 5.74) is 4.83. The third-order valence-electron chi connectivity index (χ3n) is 5.49. The van der Waals surface area contributed by atoms with Crippen LogP contribution in [0.15, 0.2) is 71.9 Å².